The topological polar surface area (TPSA) is 122 Å². The number of carbonyl (C=O) groups excluding carboxylic acids is 3. The summed E-state index contributed by atoms with van der Waals surface area (Å²) in [5, 5.41) is 4.36. The van der Waals surface area contributed by atoms with Gasteiger partial charge in [-0.1, -0.05) is 25.4 Å². The zero-order valence-corrected chi connectivity index (χ0v) is 17.7. The van der Waals surface area contributed by atoms with Gasteiger partial charge in [0.05, 0.1) is 10.6 Å². The molecule has 0 spiro atoms. The summed E-state index contributed by atoms with van der Waals surface area (Å²) in [5.41, 5.74) is -0.0900. The largest absolute Gasteiger partial charge is 0.449 e. The molecule has 9 nitrogen and oxygen atoms in total. The van der Waals surface area contributed by atoms with Crippen molar-refractivity contribution in [3.05, 3.63) is 28.8 Å². The molecule has 1 atom stereocenters. The van der Waals surface area contributed by atoms with Crippen molar-refractivity contribution in [3.8, 4) is 0 Å². The molecule has 156 valence electrons. The number of rotatable bonds is 8. The number of benzene rings is 1. The van der Waals surface area contributed by atoms with Crippen molar-refractivity contribution in [2.45, 2.75) is 38.7 Å². The molecule has 0 aromatic heterocycles. The van der Waals surface area contributed by atoms with Gasteiger partial charge in [0.15, 0.2) is 6.10 Å². The van der Waals surface area contributed by atoms with E-state index in [1.54, 1.807) is 20.8 Å². The number of halogens is 1. The normalized spacial score (nSPS) is 12.4. The fraction of sp³-hybridized carbons (Fsp3) is 0.471. The number of ether oxygens (including phenoxy) is 1. The summed E-state index contributed by atoms with van der Waals surface area (Å²) in [6.45, 7) is 7.13. The smallest absolute Gasteiger partial charge is 0.338 e. The van der Waals surface area contributed by atoms with Gasteiger partial charge in [-0.2, -0.15) is 4.31 Å². The van der Waals surface area contributed by atoms with E-state index in [1.165, 1.54) is 23.4 Å². The molecular formula is C17H24ClN3O6S. The van der Waals surface area contributed by atoms with E-state index in [2.05, 4.69) is 5.32 Å². The Bertz CT molecular complexity index is 839. The van der Waals surface area contributed by atoms with Gasteiger partial charge in [0.1, 0.15) is 4.90 Å². The lowest BCUT2D eigenvalue weighted by Gasteiger charge is -2.19. The Kier molecular flexibility index (Phi) is 8.86. The summed E-state index contributed by atoms with van der Waals surface area (Å²) in [4.78, 5) is 35.3. The summed E-state index contributed by atoms with van der Waals surface area (Å²) >= 11 is 6.02. The lowest BCUT2D eigenvalue weighted by Crippen LogP contribution is -2.44. The summed E-state index contributed by atoms with van der Waals surface area (Å²) in [7, 11) is -3.89. The maximum absolute atomic E-state index is 12.7. The molecule has 1 rings (SSSR count). The zero-order valence-electron chi connectivity index (χ0n) is 16.1. The van der Waals surface area contributed by atoms with Crippen molar-refractivity contribution in [1.29, 1.82) is 0 Å². The number of esters is 1. The number of urea groups is 1. The van der Waals surface area contributed by atoms with E-state index >= 15 is 0 Å². The summed E-state index contributed by atoms with van der Waals surface area (Å²) in [6, 6.07) is 2.95. The Labute approximate surface area is 169 Å². The lowest BCUT2D eigenvalue weighted by molar-refractivity contribution is -0.127. The molecule has 0 aliphatic carbocycles. The third-order valence-corrected chi connectivity index (χ3v) is 6.25. The van der Waals surface area contributed by atoms with Crippen LogP contribution in [0.2, 0.25) is 5.02 Å². The highest BCUT2D eigenvalue weighted by molar-refractivity contribution is 7.89. The molecule has 28 heavy (non-hydrogen) atoms. The fourth-order valence-electron chi connectivity index (χ4n) is 2.23. The van der Waals surface area contributed by atoms with E-state index < -0.39 is 34.0 Å². The molecule has 0 saturated heterocycles. The second-order valence-corrected chi connectivity index (χ2v) is 7.94. The van der Waals surface area contributed by atoms with Crippen LogP contribution in [-0.4, -0.2) is 56.4 Å². The third kappa shape index (κ3) is 5.91. The number of nitrogens with zero attached hydrogens (tertiary/aromatic N) is 1. The second-order valence-electron chi connectivity index (χ2n) is 5.63. The van der Waals surface area contributed by atoms with Crippen molar-refractivity contribution >= 4 is 39.5 Å². The molecule has 0 aliphatic heterocycles. The first-order chi connectivity index (χ1) is 13.1. The Balaban J connectivity index is 3.02. The maximum Gasteiger partial charge on any atom is 0.338 e. The molecule has 3 amide bonds. The molecule has 2 N–H and O–H groups in total. The van der Waals surface area contributed by atoms with Crippen LogP contribution in [0.15, 0.2) is 23.1 Å². The highest BCUT2D eigenvalue weighted by atomic mass is 35.5. The lowest BCUT2D eigenvalue weighted by atomic mass is 10.2. The molecule has 0 unspecified atom stereocenters. The Hall–Kier alpha value is -2.17. The Morgan fingerprint density at radius 3 is 2.32 bits per heavy atom. The average molecular weight is 434 g/mol. The van der Waals surface area contributed by atoms with Crippen molar-refractivity contribution in [2.75, 3.05) is 19.6 Å². The molecule has 0 bridgehead atoms. The Morgan fingerprint density at radius 1 is 1.18 bits per heavy atom. The number of hydrogen-bond acceptors (Lipinski definition) is 6. The van der Waals surface area contributed by atoms with Crippen LogP contribution in [-0.2, 0) is 19.6 Å². The van der Waals surface area contributed by atoms with E-state index in [0.29, 0.717) is 6.54 Å². The SMILES string of the molecule is CCNC(=O)NC(=O)[C@@H](C)OC(=O)c1ccc(Cl)c(S(=O)(=O)N(CC)CC)c1. The minimum absolute atomic E-state index is 0.0366. The van der Waals surface area contributed by atoms with Crippen molar-refractivity contribution < 1.29 is 27.5 Å². The number of imide groups is 1. The predicted molar refractivity (Wildman–Crippen MR) is 104 cm³/mol. The minimum atomic E-state index is -3.89. The van der Waals surface area contributed by atoms with Crippen molar-refractivity contribution in [3.63, 3.8) is 0 Å². The van der Waals surface area contributed by atoms with Gasteiger partial charge in [0, 0.05) is 19.6 Å². The summed E-state index contributed by atoms with van der Waals surface area (Å²) < 4.78 is 31.6. The van der Waals surface area contributed by atoms with Crippen molar-refractivity contribution in [1.82, 2.24) is 14.9 Å². The molecule has 1 aromatic carbocycles. The first-order valence-corrected chi connectivity index (χ1v) is 10.5. The van der Waals surface area contributed by atoms with Gasteiger partial charge >= 0.3 is 12.0 Å². The predicted octanol–water partition coefficient (Wildman–Crippen LogP) is 1.76. The first-order valence-electron chi connectivity index (χ1n) is 8.67. The van der Waals surface area contributed by atoms with Gasteiger partial charge in [0.2, 0.25) is 10.0 Å². The molecular weight excluding hydrogens is 410 g/mol. The maximum atomic E-state index is 12.7. The molecule has 11 heteroatoms. The second kappa shape index (κ2) is 10.4. The number of carbonyl (C=O) groups is 3. The number of nitrogens with one attached hydrogen (secondary N) is 2. The summed E-state index contributed by atoms with van der Waals surface area (Å²) in [6.07, 6.45) is -1.27. The zero-order chi connectivity index (χ0) is 21.5. The van der Waals surface area contributed by atoms with E-state index in [4.69, 9.17) is 16.3 Å². The molecule has 0 saturated carbocycles. The van der Waals surface area contributed by atoms with Gasteiger partial charge in [-0.05, 0) is 32.0 Å². The molecule has 1 aromatic rings. The van der Waals surface area contributed by atoms with E-state index in [-0.39, 0.29) is 28.6 Å². The highest BCUT2D eigenvalue weighted by Crippen LogP contribution is 2.26. The Morgan fingerprint density at radius 2 is 1.79 bits per heavy atom. The van der Waals surface area contributed by atoms with Gasteiger partial charge < -0.3 is 10.1 Å². The number of hydrogen-bond donors (Lipinski definition) is 2. The van der Waals surface area contributed by atoms with Crippen LogP contribution < -0.4 is 10.6 Å². The number of sulfonamides is 1. The van der Waals surface area contributed by atoms with E-state index in [1.807, 2.05) is 5.32 Å². The molecule has 0 heterocycles. The van der Waals surface area contributed by atoms with Gasteiger partial charge in [0.25, 0.3) is 5.91 Å². The fourth-order valence-corrected chi connectivity index (χ4v) is 4.19. The monoisotopic (exact) mass is 433 g/mol. The van der Waals surface area contributed by atoms with Gasteiger partial charge in [-0.15, -0.1) is 0 Å². The highest BCUT2D eigenvalue weighted by Gasteiger charge is 2.27. The molecule has 0 aliphatic rings. The van der Waals surface area contributed by atoms with Crippen LogP contribution in [0, 0.1) is 0 Å². The standard InChI is InChI=1S/C17H24ClN3O6S/c1-5-19-17(24)20-15(22)11(4)27-16(23)12-8-9-13(18)14(10-12)28(25,26)21(6-2)7-3/h8-11H,5-7H2,1-4H3,(H2,19,20,22,24)/t11-/m1/s1. The van der Waals surface area contributed by atoms with Crippen LogP contribution in [0.4, 0.5) is 4.79 Å². The third-order valence-electron chi connectivity index (χ3n) is 3.72. The van der Waals surface area contributed by atoms with E-state index in [9.17, 15) is 22.8 Å². The molecule has 0 fully saturated rings. The first kappa shape index (κ1) is 23.9. The van der Waals surface area contributed by atoms with Gasteiger partial charge in [-0.3, -0.25) is 10.1 Å². The van der Waals surface area contributed by atoms with Crippen LogP contribution in [0.5, 0.6) is 0 Å². The summed E-state index contributed by atoms with van der Waals surface area (Å²) in [5.74, 6) is -1.74. The van der Waals surface area contributed by atoms with Crippen LogP contribution in [0.1, 0.15) is 38.1 Å². The quantitative estimate of drug-likeness (QED) is 0.602. The average Bonchev–Trinajstić information content (AvgIpc) is 2.62. The van der Waals surface area contributed by atoms with Crippen LogP contribution >= 0.6 is 11.6 Å². The minimum Gasteiger partial charge on any atom is -0.449 e. The van der Waals surface area contributed by atoms with Crippen LogP contribution in [0.25, 0.3) is 0 Å². The molecule has 0 radical (unpaired) electrons. The van der Waals surface area contributed by atoms with E-state index in [0.717, 1.165) is 6.07 Å². The van der Waals surface area contributed by atoms with Crippen molar-refractivity contribution in [2.24, 2.45) is 0 Å². The van der Waals surface area contributed by atoms with Gasteiger partial charge in [-0.25, -0.2) is 18.0 Å². The number of amides is 3. The van der Waals surface area contributed by atoms with Crippen LogP contribution in [0.3, 0.4) is 0 Å².